The molecule has 0 aromatic heterocycles. The largest absolute Gasteiger partial charge is 0.466 e. The lowest BCUT2D eigenvalue weighted by atomic mass is 10.2. The molecule has 0 rings (SSSR count). The molecule has 0 bridgehead atoms. The summed E-state index contributed by atoms with van der Waals surface area (Å²) in [6.45, 7) is 3.31. The summed E-state index contributed by atoms with van der Waals surface area (Å²) in [5.74, 6) is -0.819. The molecule has 0 atom stereocenters. The lowest BCUT2D eigenvalue weighted by molar-refractivity contribution is -0.135. The van der Waals surface area contributed by atoms with E-state index in [4.69, 9.17) is 0 Å². The second kappa shape index (κ2) is 28.2. The lowest BCUT2D eigenvalue weighted by Crippen LogP contribution is -2.25. The second-order valence-electron chi connectivity index (χ2n) is 8.51. The fourth-order valence-corrected chi connectivity index (χ4v) is 3.08. The number of ether oxygens (including phenoxy) is 1. The van der Waals surface area contributed by atoms with E-state index >= 15 is 0 Å². The van der Waals surface area contributed by atoms with Crippen LogP contribution in [0.5, 0.6) is 0 Å². The molecule has 0 unspecified atom stereocenters. The first-order valence-corrected chi connectivity index (χ1v) is 13.8. The van der Waals surface area contributed by atoms with Crippen molar-refractivity contribution in [3.8, 4) is 0 Å². The first-order chi connectivity index (χ1) is 18.6. The van der Waals surface area contributed by atoms with Gasteiger partial charge in [-0.25, -0.2) is 4.79 Å². The van der Waals surface area contributed by atoms with Crippen LogP contribution in [0.3, 0.4) is 0 Å². The predicted octanol–water partition coefficient (Wildman–Crippen LogP) is 6.60. The number of hydrogen-bond acceptors (Lipinski definition) is 4. The molecule has 2 N–H and O–H groups in total. The Morgan fingerprint density at radius 1 is 0.605 bits per heavy atom. The van der Waals surface area contributed by atoms with Gasteiger partial charge in [0.05, 0.1) is 7.11 Å². The summed E-state index contributed by atoms with van der Waals surface area (Å²) >= 11 is 0. The molecule has 0 aliphatic heterocycles. The molecule has 2 amide bonds. The standard InChI is InChI=1S/C32H48N2O4/c1-3-4-5-6-7-8-9-10-11-12-13-14-15-16-17-18-19-20-22-25-30(35)33-28-23-21-24-29-34-31(36)26-27-32(37)38-2/h4-5,7-8,10-11,13-14,16-17,19-20,26-27H,3,6,9,12,15,18,21-25,28-29H2,1-2H3,(H,33,35)(H,34,36)/b5-4-,8-7-,11-10-,14-13-,17-16-,20-19-,27-26+. The van der Waals surface area contributed by atoms with Gasteiger partial charge in [0.25, 0.3) is 0 Å². The number of allylic oxidation sites excluding steroid dienone is 12. The number of carbonyl (C=O) groups is 3. The van der Waals surface area contributed by atoms with Gasteiger partial charge in [-0.05, 0) is 64.2 Å². The molecule has 0 aliphatic rings. The first-order valence-electron chi connectivity index (χ1n) is 13.8. The third-order valence-electron chi connectivity index (χ3n) is 5.18. The van der Waals surface area contributed by atoms with Gasteiger partial charge in [0.2, 0.25) is 11.8 Å². The smallest absolute Gasteiger partial charge is 0.330 e. The van der Waals surface area contributed by atoms with Gasteiger partial charge >= 0.3 is 5.97 Å². The van der Waals surface area contributed by atoms with Gasteiger partial charge in [0, 0.05) is 31.7 Å². The van der Waals surface area contributed by atoms with Crippen LogP contribution in [-0.2, 0) is 19.1 Å². The summed E-state index contributed by atoms with van der Waals surface area (Å²) in [5.41, 5.74) is 0. The van der Waals surface area contributed by atoms with Crippen molar-refractivity contribution in [3.05, 3.63) is 85.1 Å². The molecule has 6 heteroatoms. The predicted molar refractivity (Wildman–Crippen MR) is 158 cm³/mol. The Morgan fingerprint density at radius 3 is 1.58 bits per heavy atom. The summed E-state index contributed by atoms with van der Waals surface area (Å²) < 4.78 is 4.42. The van der Waals surface area contributed by atoms with Crippen LogP contribution in [0.1, 0.15) is 77.6 Å². The third-order valence-corrected chi connectivity index (χ3v) is 5.18. The molecule has 38 heavy (non-hydrogen) atoms. The quantitative estimate of drug-likeness (QED) is 0.0724. The third kappa shape index (κ3) is 27.2. The highest BCUT2D eigenvalue weighted by Gasteiger charge is 2.00. The number of amides is 2. The Kier molecular flexibility index (Phi) is 25.6. The zero-order valence-corrected chi connectivity index (χ0v) is 23.4. The van der Waals surface area contributed by atoms with E-state index in [1.54, 1.807) is 0 Å². The molecular formula is C32H48N2O4. The minimum absolute atomic E-state index is 0.0609. The molecule has 0 spiro atoms. The van der Waals surface area contributed by atoms with Crippen LogP contribution in [0.2, 0.25) is 0 Å². The maximum Gasteiger partial charge on any atom is 0.330 e. The van der Waals surface area contributed by atoms with E-state index in [1.165, 1.54) is 7.11 Å². The van der Waals surface area contributed by atoms with E-state index < -0.39 is 5.97 Å². The Morgan fingerprint density at radius 2 is 1.08 bits per heavy atom. The Bertz CT molecular complexity index is 832. The lowest BCUT2D eigenvalue weighted by Gasteiger charge is -2.05. The van der Waals surface area contributed by atoms with Gasteiger partial charge in [0.1, 0.15) is 0 Å². The van der Waals surface area contributed by atoms with E-state index in [0.29, 0.717) is 19.5 Å². The van der Waals surface area contributed by atoms with Crippen molar-refractivity contribution < 1.29 is 19.1 Å². The van der Waals surface area contributed by atoms with Gasteiger partial charge in [-0.3, -0.25) is 9.59 Å². The van der Waals surface area contributed by atoms with Crippen LogP contribution >= 0.6 is 0 Å². The van der Waals surface area contributed by atoms with E-state index in [0.717, 1.165) is 76.4 Å². The first kappa shape index (κ1) is 34.6. The molecule has 0 aliphatic carbocycles. The summed E-state index contributed by atoms with van der Waals surface area (Å²) in [6, 6.07) is 0. The number of rotatable bonds is 22. The number of nitrogens with one attached hydrogen (secondary N) is 2. The van der Waals surface area contributed by atoms with Crippen LogP contribution in [0.4, 0.5) is 0 Å². The van der Waals surface area contributed by atoms with Gasteiger partial charge in [-0.1, -0.05) is 79.8 Å². The van der Waals surface area contributed by atoms with Crippen molar-refractivity contribution in [2.75, 3.05) is 20.2 Å². The number of hydrogen-bond donors (Lipinski definition) is 2. The summed E-state index contributed by atoms with van der Waals surface area (Å²) in [7, 11) is 1.26. The van der Waals surface area contributed by atoms with Crippen LogP contribution in [0, 0.1) is 0 Å². The van der Waals surface area contributed by atoms with Crippen molar-refractivity contribution in [3.63, 3.8) is 0 Å². The Labute approximate surface area is 230 Å². The zero-order valence-electron chi connectivity index (χ0n) is 23.4. The van der Waals surface area contributed by atoms with Crippen LogP contribution in [0.15, 0.2) is 85.1 Å². The highest BCUT2D eigenvalue weighted by Crippen LogP contribution is 1.98. The zero-order chi connectivity index (χ0) is 27.9. The molecule has 0 aromatic carbocycles. The maximum absolute atomic E-state index is 11.9. The second-order valence-corrected chi connectivity index (χ2v) is 8.51. The molecule has 6 nitrogen and oxygen atoms in total. The molecule has 0 fully saturated rings. The monoisotopic (exact) mass is 524 g/mol. The average molecular weight is 525 g/mol. The normalized spacial score (nSPS) is 12.4. The van der Waals surface area contributed by atoms with Gasteiger partial charge in [0.15, 0.2) is 0 Å². The van der Waals surface area contributed by atoms with Crippen molar-refractivity contribution in [2.24, 2.45) is 0 Å². The van der Waals surface area contributed by atoms with E-state index in [9.17, 15) is 14.4 Å². The Balaban J connectivity index is 3.59. The summed E-state index contributed by atoms with van der Waals surface area (Å²) in [4.78, 5) is 34.3. The summed E-state index contributed by atoms with van der Waals surface area (Å²) in [5, 5.41) is 5.62. The van der Waals surface area contributed by atoms with Crippen LogP contribution in [0.25, 0.3) is 0 Å². The highest BCUT2D eigenvalue weighted by molar-refractivity contribution is 5.94. The molecule has 210 valence electrons. The SMILES string of the molecule is CC/C=C\C/C=C\C/C=C\C/C=C\C/C=C\C/C=C\CCC(=O)NCCCCCNC(=O)/C=C/C(=O)OC. The van der Waals surface area contributed by atoms with E-state index in [-0.39, 0.29) is 11.8 Å². The fraction of sp³-hybridized carbons (Fsp3) is 0.469. The minimum atomic E-state index is -0.559. The minimum Gasteiger partial charge on any atom is -0.466 e. The van der Waals surface area contributed by atoms with Gasteiger partial charge < -0.3 is 15.4 Å². The highest BCUT2D eigenvalue weighted by atomic mass is 16.5. The number of esters is 1. The average Bonchev–Trinajstić information content (AvgIpc) is 2.92. The molecule has 0 saturated carbocycles. The van der Waals surface area contributed by atoms with Gasteiger partial charge in [-0.15, -0.1) is 0 Å². The number of unbranched alkanes of at least 4 members (excludes halogenated alkanes) is 2. The van der Waals surface area contributed by atoms with Crippen molar-refractivity contribution in [1.82, 2.24) is 10.6 Å². The molecule has 0 heterocycles. The Hall–Kier alpha value is -3.41. The van der Waals surface area contributed by atoms with Gasteiger partial charge in [-0.2, -0.15) is 0 Å². The van der Waals surface area contributed by atoms with Crippen LogP contribution < -0.4 is 10.6 Å². The van der Waals surface area contributed by atoms with Crippen LogP contribution in [-0.4, -0.2) is 38.0 Å². The van der Waals surface area contributed by atoms with Crippen molar-refractivity contribution >= 4 is 17.8 Å². The summed E-state index contributed by atoms with van der Waals surface area (Å²) in [6.07, 6.45) is 38.0. The fourth-order valence-electron chi connectivity index (χ4n) is 3.08. The van der Waals surface area contributed by atoms with E-state index in [2.05, 4.69) is 95.2 Å². The van der Waals surface area contributed by atoms with E-state index in [1.807, 2.05) is 0 Å². The molecular weight excluding hydrogens is 476 g/mol. The molecule has 0 saturated heterocycles. The number of methoxy groups -OCH3 is 1. The molecule has 0 radical (unpaired) electrons. The molecule has 0 aromatic rings. The topological polar surface area (TPSA) is 84.5 Å². The van der Waals surface area contributed by atoms with Crippen molar-refractivity contribution in [2.45, 2.75) is 77.6 Å². The number of carbonyl (C=O) groups excluding carboxylic acids is 3. The van der Waals surface area contributed by atoms with Crippen molar-refractivity contribution in [1.29, 1.82) is 0 Å². The maximum atomic E-state index is 11.9.